The molecule has 2 aromatic rings. The van der Waals surface area contributed by atoms with Crippen LogP contribution in [0, 0.1) is 0 Å². The van der Waals surface area contributed by atoms with E-state index in [9.17, 15) is 9.59 Å². The number of nitrogens with zero attached hydrogens (tertiary/aromatic N) is 1. The van der Waals surface area contributed by atoms with Crippen molar-refractivity contribution in [3.05, 3.63) is 53.9 Å². The van der Waals surface area contributed by atoms with Crippen molar-refractivity contribution in [1.82, 2.24) is 4.57 Å². The summed E-state index contributed by atoms with van der Waals surface area (Å²) in [7, 11) is 1.30. The smallest absolute Gasteiger partial charge is 0.354 e. The van der Waals surface area contributed by atoms with Crippen LogP contribution in [0.2, 0.25) is 0 Å². The van der Waals surface area contributed by atoms with Gasteiger partial charge in [-0.15, -0.1) is 0 Å². The molecule has 0 unspecified atom stereocenters. The Kier molecular flexibility index (Phi) is 3.66. The fourth-order valence-electron chi connectivity index (χ4n) is 1.83. The van der Waals surface area contributed by atoms with E-state index in [-0.39, 0.29) is 12.3 Å². The molecule has 5 nitrogen and oxygen atoms in total. The second-order valence-corrected chi connectivity index (χ2v) is 4.02. The maximum atomic E-state index is 12.1. The molecule has 0 amide bonds. The predicted octanol–water partition coefficient (Wildman–Crippen LogP) is 1.74. The molecule has 0 aliphatic heterocycles. The van der Waals surface area contributed by atoms with Gasteiger partial charge in [0.2, 0.25) is 0 Å². The van der Waals surface area contributed by atoms with Crippen LogP contribution >= 0.6 is 0 Å². The van der Waals surface area contributed by atoms with Crippen molar-refractivity contribution in [2.45, 2.75) is 6.54 Å². The lowest BCUT2D eigenvalue weighted by molar-refractivity contribution is 0.0588. The van der Waals surface area contributed by atoms with E-state index >= 15 is 0 Å². The van der Waals surface area contributed by atoms with E-state index in [1.165, 1.54) is 7.11 Å². The third-order valence-electron chi connectivity index (χ3n) is 2.80. The van der Waals surface area contributed by atoms with Crippen molar-refractivity contribution < 1.29 is 14.3 Å². The number of Topliss-reactive ketones (excluding diaryl/α,β-unsaturated/α-hetero) is 1. The number of para-hydroxylation sites is 1. The highest BCUT2D eigenvalue weighted by atomic mass is 16.5. The molecular formula is C14H14N2O3. The Bertz CT molecular complexity index is 617. The van der Waals surface area contributed by atoms with Crippen LogP contribution < -0.4 is 5.73 Å². The van der Waals surface area contributed by atoms with Crippen LogP contribution in [0.5, 0.6) is 0 Å². The molecule has 2 N–H and O–H groups in total. The Hall–Kier alpha value is -2.56. The number of benzene rings is 1. The molecular weight excluding hydrogens is 244 g/mol. The molecule has 0 saturated carbocycles. The van der Waals surface area contributed by atoms with Gasteiger partial charge in [-0.1, -0.05) is 12.1 Å². The monoisotopic (exact) mass is 258 g/mol. The average Bonchev–Trinajstić information content (AvgIpc) is 2.86. The summed E-state index contributed by atoms with van der Waals surface area (Å²) in [4.78, 5) is 23.6. The van der Waals surface area contributed by atoms with Gasteiger partial charge in [0.1, 0.15) is 5.69 Å². The first-order valence-corrected chi connectivity index (χ1v) is 5.74. The van der Waals surface area contributed by atoms with Gasteiger partial charge in [-0.05, 0) is 24.3 Å². The van der Waals surface area contributed by atoms with Crippen molar-refractivity contribution in [3.8, 4) is 0 Å². The molecule has 0 spiro atoms. The molecule has 98 valence electrons. The first-order chi connectivity index (χ1) is 9.13. The zero-order chi connectivity index (χ0) is 13.8. The van der Waals surface area contributed by atoms with Gasteiger partial charge in [-0.25, -0.2) is 4.79 Å². The summed E-state index contributed by atoms with van der Waals surface area (Å²) in [5.41, 5.74) is 6.97. The number of nitrogens with two attached hydrogens (primary N) is 1. The number of anilines is 1. The summed E-state index contributed by atoms with van der Waals surface area (Å²) in [6.07, 6.45) is 1.66. The zero-order valence-electron chi connectivity index (χ0n) is 10.5. The fourth-order valence-corrected chi connectivity index (χ4v) is 1.83. The Labute approximate surface area is 110 Å². The summed E-state index contributed by atoms with van der Waals surface area (Å²) in [6.45, 7) is 0.0473. The summed E-state index contributed by atoms with van der Waals surface area (Å²) >= 11 is 0. The first-order valence-electron chi connectivity index (χ1n) is 5.74. The zero-order valence-corrected chi connectivity index (χ0v) is 10.5. The second kappa shape index (κ2) is 5.39. The number of rotatable bonds is 4. The molecule has 2 rings (SSSR count). The van der Waals surface area contributed by atoms with E-state index in [1.807, 2.05) is 0 Å². The Morgan fingerprint density at radius 3 is 2.63 bits per heavy atom. The van der Waals surface area contributed by atoms with Crippen LogP contribution in [0.25, 0.3) is 0 Å². The number of hydrogen-bond acceptors (Lipinski definition) is 4. The molecule has 0 radical (unpaired) electrons. The number of aromatic nitrogens is 1. The summed E-state index contributed by atoms with van der Waals surface area (Å²) < 4.78 is 6.19. The Morgan fingerprint density at radius 1 is 1.21 bits per heavy atom. The number of hydrogen-bond donors (Lipinski definition) is 1. The molecule has 0 bridgehead atoms. The van der Waals surface area contributed by atoms with Gasteiger partial charge in [0.05, 0.1) is 13.7 Å². The standard InChI is InChI=1S/C14H14N2O3/c1-19-14(18)12-7-4-8-16(12)9-13(17)10-5-2-3-6-11(10)15/h2-8H,9,15H2,1H3. The topological polar surface area (TPSA) is 74.3 Å². The van der Waals surface area contributed by atoms with E-state index in [2.05, 4.69) is 4.74 Å². The number of nitrogen functional groups attached to an aromatic ring is 1. The van der Waals surface area contributed by atoms with Gasteiger partial charge in [-0.2, -0.15) is 0 Å². The lowest BCUT2D eigenvalue weighted by Crippen LogP contribution is -2.16. The van der Waals surface area contributed by atoms with E-state index in [0.29, 0.717) is 16.9 Å². The highest BCUT2D eigenvalue weighted by Gasteiger charge is 2.15. The molecule has 0 aliphatic carbocycles. The number of carbonyl (C=O) groups excluding carboxylic acids is 2. The van der Waals surface area contributed by atoms with Crippen LogP contribution in [0.1, 0.15) is 20.8 Å². The van der Waals surface area contributed by atoms with Crippen molar-refractivity contribution >= 4 is 17.4 Å². The third kappa shape index (κ3) is 2.65. The molecule has 1 heterocycles. The molecule has 5 heteroatoms. The highest BCUT2D eigenvalue weighted by molar-refractivity contribution is 6.01. The number of ketones is 1. The lowest BCUT2D eigenvalue weighted by Gasteiger charge is -2.08. The quantitative estimate of drug-likeness (QED) is 0.515. The minimum Gasteiger partial charge on any atom is -0.464 e. The van der Waals surface area contributed by atoms with Crippen LogP contribution in [0.4, 0.5) is 5.69 Å². The number of methoxy groups -OCH3 is 1. The number of carbonyl (C=O) groups is 2. The maximum Gasteiger partial charge on any atom is 0.354 e. The average molecular weight is 258 g/mol. The SMILES string of the molecule is COC(=O)c1cccn1CC(=O)c1ccccc1N. The molecule has 0 fully saturated rings. The second-order valence-electron chi connectivity index (χ2n) is 4.02. The molecule has 0 atom stereocenters. The van der Waals surface area contributed by atoms with Crippen LogP contribution in [0.15, 0.2) is 42.6 Å². The van der Waals surface area contributed by atoms with E-state index in [4.69, 9.17) is 5.73 Å². The van der Waals surface area contributed by atoms with Crippen molar-refractivity contribution in [2.24, 2.45) is 0 Å². The van der Waals surface area contributed by atoms with Crippen LogP contribution in [0.3, 0.4) is 0 Å². The molecule has 0 saturated heterocycles. The minimum atomic E-state index is -0.473. The van der Waals surface area contributed by atoms with Crippen molar-refractivity contribution in [1.29, 1.82) is 0 Å². The van der Waals surface area contributed by atoms with Gasteiger partial charge < -0.3 is 15.0 Å². The highest BCUT2D eigenvalue weighted by Crippen LogP contribution is 2.13. The number of ether oxygens (including phenoxy) is 1. The fraction of sp³-hybridized carbons (Fsp3) is 0.143. The van der Waals surface area contributed by atoms with Crippen LogP contribution in [-0.4, -0.2) is 23.4 Å². The summed E-state index contributed by atoms with van der Waals surface area (Å²) in [5, 5.41) is 0. The largest absolute Gasteiger partial charge is 0.464 e. The Morgan fingerprint density at radius 2 is 1.95 bits per heavy atom. The Balaban J connectivity index is 2.23. The van der Waals surface area contributed by atoms with E-state index in [1.54, 1.807) is 47.2 Å². The first kappa shape index (κ1) is 12.9. The lowest BCUT2D eigenvalue weighted by atomic mass is 10.1. The van der Waals surface area contributed by atoms with Gasteiger partial charge in [0, 0.05) is 17.4 Å². The molecule has 19 heavy (non-hydrogen) atoms. The van der Waals surface area contributed by atoms with Gasteiger partial charge in [0.15, 0.2) is 5.78 Å². The number of esters is 1. The normalized spacial score (nSPS) is 10.2. The van der Waals surface area contributed by atoms with Gasteiger partial charge in [-0.3, -0.25) is 4.79 Å². The van der Waals surface area contributed by atoms with Crippen molar-refractivity contribution in [3.63, 3.8) is 0 Å². The minimum absolute atomic E-state index is 0.0473. The van der Waals surface area contributed by atoms with Crippen molar-refractivity contribution in [2.75, 3.05) is 12.8 Å². The van der Waals surface area contributed by atoms with E-state index in [0.717, 1.165) is 0 Å². The third-order valence-corrected chi connectivity index (χ3v) is 2.80. The molecule has 1 aromatic carbocycles. The van der Waals surface area contributed by atoms with Gasteiger partial charge in [0.25, 0.3) is 0 Å². The predicted molar refractivity (Wildman–Crippen MR) is 71.0 cm³/mol. The summed E-state index contributed by atoms with van der Waals surface area (Å²) in [6, 6.07) is 10.1. The van der Waals surface area contributed by atoms with E-state index < -0.39 is 5.97 Å². The summed E-state index contributed by atoms with van der Waals surface area (Å²) in [5.74, 6) is -0.627. The molecule has 0 aliphatic rings. The molecule has 1 aromatic heterocycles. The van der Waals surface area contributed by atoms with Crippen LogP contribution in [-0.2, 0) is 11.3 Å². The van der Waals surface area contributed by atoms with Gasteiger partial charge >= 0.3 is 5.97 Å². The maximum absolute atomic E-state index is 12.1.